The molecule has 1 saturated heterocycles. The number of hydrogen-bond acceptors (Lipinski definition) is 3. The highest BCUT2D eigenvalue weighted by Crippen LogP contribution is 2.29. The first kappa shape index (κ1) is 15.1. The number of likely N-dealkylation sites (tertiary alicyclic amines) is 1. The van der Waals surface area contributed by atoms with Gasteiger partial charge in [0.15, 0.2) is 0 Å². The molecule has 0 spiro atoms. The summed E-state index contributed by atoms with van der Waals surface area (Å²) < 4.78 is 0. The molecule has 1 aromatic carbocycles. The standard InChI is InChI=1S/C13H14Cl2N2O3/c14-8-3-1-4-9(15)12(8)16-11(18)7-17-6-2-5-10(17)13(19)20/h1,3-4,10H,2,5-7H2,(H,16,18)(H,19,20)/t10-/m0/s1. The van der Waals surface area contributed by atoms with E-state index in [1.165, 1.54) is 0 Å². The van der Waals surface area contributed by atoms with Gasteiger partial charge in [-0.1, -0.05) is 29.3 Å². The maximum Gasteiger partial charge on any atom is 0.320 e. The lowest BCUT2D eigenvalue weighted by molar-refractivity contribution is -0.142. The maximum atomic E-state index is 12.0. The SMILES string of the molecule is O=C(CN1CCC[C@H]1C(=O)O)Nc1c(Cl)cccc1Cl. The van der Waals surface area contributed by atoms with Crippen LogP contribution in [-0.4, -0.2) is 41.0 Å². The lowest BCUT2D eigenvalue weighted by Gasteiger charge is -2.20. The summed E-state index contributed by atoms with van der Waals surface area (Å²) in [5.41, 5.74) is 0.354. The Kier molecular flexibility index (Phi) is 4.86. The van der Waals surface area contributed by atoms with Crippen LogP contribution in [0.5, 0.6) is 0 Å². The van der Waals surface area contributed by atoms with Crippen molar-refractivity contribution in [2.45, 2.75) is 18.9 Å². The van der Waals surface area contributed by atoms with Crippen molar-refractivity contribution in [3.05, 3.63) is 28.2 Å². The normalized spacial score (nSPS) is 19.0. The molecule has 1 aromatic rings. The largest absolute Gasteiger partial charge is 0.480 e. The first-order chi connectivity index (χ1) is 9.49. The fourth-order valence-corrected chi connectivity index (χ4v) is 2.77. The minimum absolute atomic E-state index is 0.0124. The molecule has 1 heterocycles. The van der Waals surface area contributed by atoms with E-state index in [9.17, 15) is 9.59 Å². The number of nitrogens with zero attached hydrogens (tertiary/aromatic N) is 1. The second kappa shape index (κ2) is 6.43. The van der Waals surface area contributed by atoms with Gasteiger partial charge in [-0.25, -0.2) is 0 Å². The molecule has 5 nitrogen and oxygen atoms in total. The van der Waals surface area contributed by atoms with Crippen molar-refractivity contribution in [3.8, 4) is 0 Å². The Morgan fingerprint density at radius 1 is 1.35 bits per heavy atom. The number of nitrogens with one attached hydrogen (secondary N) is 1. The Bertz CT molecular complexity index is 516. The van der Waals surface area contributed by atoms with E-state index >= 15 is 0 Å². The molecule has 1 fully saturated rings. The summed E-state index contributed by atoms with van der Waals surface area (Å²) in [5, 5.41) is 12.4. The molecule has 0 aromatic heterocycles. The van der Waals surface area contributed by atoms with Crippen LogP contribution in [0.4, 0.5) is 5.69 Å². The lowest BCUT2D eigenvalue weighted by atomic mass is 10.2. The molecule has 2 rings (SSSR count). The number of carbonyl (C=O) groups excluding carboxylic acids is 1. The van der Waals surface area contributed by atoms with Gasteiger partial charge >= 0.3 is 5.97 Å². The second-order valence-corrected chi connectivity index (χ2v) is 5.43. The zero-order valence-electron chi connectivity index (χ0n) is 10.6. The highest BCUT2D eigenvalue weighted by Gasteiger charge is 2.31. The Morgan fingerprint density at radius 2 is 2.00 bits per heavy atom. The first-order valence-electron chi connectivity index (χ1n) is 6.19. The number of carboxylic acid groups (broad SMARTS) is 1. The molecule has 20 heavy (non-hydrogen) atoms. The number of carboxylic acids is 1. The van der Waals surface area contributed by atoms with E-state index in [0.29, 0.717) is 28.7 Å². The third kappa shape index (κ3) is 3.42. The molecule has 108 valence electrons. The Labute approximate surface area is 126 Å². The molecule has 7 heteroatoms. The molecule has 1 aliphatic heterocycles. The number of hydrogen-bond donors (Lipinski definition) is 2. The van der Waals surface area contributed by atoms with Gasteiger partial charge in [-0.3, -0.25) is 14.5 Å². The number of para-hydroxylation sites is 1. The topological polar surface area (TPSA) is 69.6 Å². The zero-order valence-corrected chi connectivity index (χ0v) is 12.1. The Hall–Kier alpha value is -1.30. The number of halogens is 2. The predicted molar refractivity (Wildman–Crippen MR) is 77.3 cm³/mol. The third-order valence-electron chi connectivity index (χ3n) is 3.22. The second-order valence-electron chi connectivity index (χ2n) is 4.61. The first-order valence-corrected chi connectivity index (χ1v) is 6.95. The number of amides is 1. The van der Waals surface area contributed by atoms with Gasteiger partial charge in [0.05, 0.1) is 22.3 Å². The minimum Gasteiger partial charge on any atom is -0.480 e. The summed E-state index contributed by atoms with van der Waals surface area (Å²) in [5.74, 6) is -1.22. The van der Waals surface area contributed by atoms with Crippen LogP contribution in [0, 0.1) is 0 Å². The summed E-state index contributed by atoms with van der Waals surface area (Å²) in [6.07, 6.45) is 1.34. The molecule has 0 aliphatic carbocycles. The van der Waals surface area contributed by atoms with E-state index in [4.69, 9.17) is 28.3 Å². The third-order valence-corrected chi connectivity index (χ3v) is 3.85. The van der Waals surface area contributed by atoms with Gasteiger partial charge in [0.25, 0.3) is 0 Å². The number of carbonyl (C=O) groups is 2. The highest BCUT2D eigenvalue weighted by molar-refractivity contribution is 6.39. The van der Waals surface area contributed by atoms with Crippen molar-refractivity contribution in [2.24, 2.45) is 0 Å². The van der Waals surface area contributed by atoms with E-state index in [-0.39, 0.29) is 12.5 Å². The van der Waals surface area contributed by atoms with Crippen molar-refractivity contribution in [1.82, 2.24) is 4.90 Å². The van der Waals surface area contributed by atoms with Crippen molar-refractivity contribution in [2.75, 3.05) is 18.4 Å². The molecular formula is C13H14Cl2N2O3. The average molecular weight is 317 g/mol. The van der Waals surface area contributed by atoms with Crippen LogP contribution in [-0.2, 0) is 9.59 Å². The van der Waals surface area contributed by atoms with E-state index < -0.39 is 12.0 Å². The summed E-state index contributed by atoms with van der Waals surface area (Å²) in [6.45, 7) is 0.610. The van der Waals surface area contributed by atoms with E-state index in [2.05, 4.69) is 5.32 Å². The predicted octanol–water partition coefficient (Wildman–Crippen LogP) is 2.48. The van der Waals surface area contributed by atoms with Gasteiger partial charge in [0.2, 0.25) is 5.91 Å². The monoisotopic (exact) mass is 316 g/mol. The van der Waals surface area contributed by atoms with E-state index in [0.717, 1.165) is 6.42 Å². The molecule has 2 N–H and O–H groups in total. The molecule has 0 bridgehead atoms. The van der Waals surface area contributed by atoms with Crippen LogP contribution in [0.1, 0.15) is 12.8 Å². The van der Waals surface area contributed by atoms with Gasteiger partial charge in [-0.2, -0.15) is 0 Å². The molecule has 1 aliphatic rings. The number of rotatable bonds is 4. The van der Waals surface area contributed by atoms with Gasteiger partial charge in [-0.15, -0.1) is 0 Å². The van der Waals surface area contributed by atoms with Crippen molar-refractivity contribution in [1.29, 1.82) is 0 Å². The zero-order chi connectivity index (χ0) is 14.7. The van der Waals surface area contributed by atoms with Gasteiger partial charge < -0.3 is 10.4 Å². The molecule has 0 radical (unpaired) electrons. The highest BCUT2D eigenvalue weighted by atomic mass is 35.5. The molecule has 0 unspecified atom stereocenters. The van der Waals surface area contributed by atoms with Crippen LogP contribution < -0.4 is 5.32 Å². The minimum atomic E-state index is -0.897. The van der Waals surface area contributed by atoms with Crippen LogP contribution in [0.2, 0.25) is 10.0 Å². The average Bonchev–Trinajstić information content (AvgIpc) is 2.82. The summed E-state index contributed by atoms with van der Waals surface area (Å²) >= 11 is 11.9. The van der Waals surface area contributed by atoms with Crippen LogP contribution in [0.25, 0.3) is 0 Å². The smallest absolute Gasteiger partial charge is 0.320 e. The van der Waals surface area contributed by atoms with Gasteiger partial charge in [0, 0.05) is 0 Å². The van der Waals surface area contributed by atoms with Crippen molar-refractivity contribution < 1.29 is 14.7 Å². The fourth-order valence-electron chi connectivity index (χ4n) is 2.28. The van der Waals surface area contributed by atoms with Crippen molar-refractivity contribution in [3.63, 3.8) is 0 Å². The van der Waals surface area contributed by atoms with Crippen molar-refractivity contribution >= 4 is 40.8 Å². The lowest BCUT2D eigenvalue weighted by Crippen LogP contribution is -2.40. The number of aliphatic carboxylic acids is 1. The molecule has 0 saturated carbocycles. The number of benzene rings is 1. The van der Waals surface area contributed by atoms with Gasteiger partial charge in [0.1, 0.15) is 6.04 Å². The summed E-state index contributed by atoms with van der Waals surface area (Å²) in [4.78, 5) is 24.7. The summed E-state index contributed by atoms with van der Waals surface area (Å²) in [7, 11) is 0. The van der Waals surface area contributed by atoms with E-state index in [1.807, 2.05) is 0 Å². The fraction of sp³-hybridized carbons (Fsp3) is 0.385. The van der Waals surface area contributed by atoms with Crippen LogP contribution in [0.3, 0.4) is 0 Å². The van der Waals surface area contributed by atoms with Crippen LogP contribution in [0.15, 0.2) is 18.2 Å². The van der Waals surface area contributed by atoms with Gasteiger partial charge in [-0.05, 0) is 31.5 Å². The number of anilines is 1. The quantitative estimate of drug-likeness (QED) is 0.895. The molecule has 1 amide bonds. The maximum absolute atomic E-state index is 12.0. The Morgan fingerprint density at radius 3 is 2.60 bits per heavy atom. The van der Waals surface area contributed by atoms with Crippen LogP contribution >= 0.6 is 23.2 Å². The van der Waals surface area contributed by atoms with E-state index in [1.54, 1.807) is 23.1 Å². The molecular weight excluding hydrogens is 303 g/mol. The Balaban J connectivity index is 2.01. The molecule has 1 atom stereocenters. The summed E-state index contributed by atoms with van der Waals surface area (Å²) in [6, 6.07) is 4.33.